The molecular weight excluding hydrogens is 403 g/mol. The lowest BCUT2D eigenvalue weighted by atomic mass is 10.4. The van der Waals surface area contributed by atoms with Crippen LogP contribution in [0.5, 0.6) is 5.75 Å². The van der Waals surface area contributed by atoms with Crippen LogP contribution >= 0.6 is 27.5 Å². The first-order valence-corrected chi connectivity index (χ1v) is 11.2. The summed E-state index contributed by atoms with van der Waals surface area (Å²) in [6, 6.07) is 0. The first-order chi connectivity index (χ1) is 8.77. The molecule has 1 heterocycles. The first kappa shape index (κ1) is 17.7. The molecule has 1 aromatic heterocycles. The molecule has 0 saturated carbocycles. The summed E-state index contributed by atoms with van der Waals surface area (Å²) in [5, 5.41) is 0.314. The predicted molar refractivity (Wildman–Crippen MR) is 75.5 cm³/mol. The van der Waals surface area contributed by atoms with Crippen LogP contribution in [0.15, 0.2) is 10.8 Å². The molecule has 20 heavy (non-hydrogen) atoms. The van der Waals surface area contributed by atoms with Gasteiger partial charge in [0.25, 0.3) is 0 Å². The predicted octanol–water partition coefficient (Wildman–Crippen LogP) is 3.27. The molecule has 114 valence electrons. The Morgan fingerprint density at radius 3 is 2.25 bits per heavy atom. The SMILES string of the molecule is C[Si](C)(C)c1c(Cl)cnc(Br)c1OS(=O)(=O)C(F)(F)F. The van der Waals surface area contributed by atoms with Gasteiger partial charge in [-0.2, -0.15) is 21.6 Å². The van der Waals surface area contributed by atoms with E-state index in [4.69, 9.17) is 11.6 Å². The van der Waals surface area contributed by atoms with Gasteiger partial charge < -0.3 is 4.18 Å². The second-order valence-corrected chi connectivity index (χ2v) is 12.5. The Hall–Kier alpha value is -0.323. The van der Waals surface area contributed by atoms with Crippen LogP contribution in [0.2, 0.25) is 24.7 Å². The summed E-state index contributed by atoms with van der Waals surface area (Å²) in [5.41, 5.74) is -5.52. The number of pyridine rings is 1. The van der Waals surface area contributed by atoms with E-state index in [9.17, 15) is 21.6 Å². The average Bonchev–Trinajstić information content (AvgIpc) is 2.19. The van der Waals surface area contributed by atoms with Crippen molar-refractivity contribution >= 4 is 50.9 Å². The van der Waals surface area contributed by atoms with E-state index in [0.29, 0.717) is 0 Å². The second-order valence-electron chi connectivity index (χ2n) is 4.83. The van der Waals surface area contributed by atoms with E-state index in [-0.39, 0.29) is 14.8 Å². The number of hydrogen-bond donors (Lipinski definition) is 0. The van der Waals surface area contributed by atoms with Crippen LogP contribution in [0.25, 0.3) is 0 Å². The van der Waals surface area contributed by atoms with E-state index in [1.807, 2.05) is 0 Å². The average molecular weight is 413 g/mol. The number of rotatable bonds is 3. The maximum Gasteiger partial charge on any atom is 0.534 e. The minimum atomic E-state index is -5.78. The van der Waals surface area contributed by atoms with Crippen LogP contribution < -0.4 is 9.37 Å². The van der Waals surface area contributed by atoms with Crippen LogP contribution in [0.3, 0.4) is 0 Å². The van der Waals surface area contributed by atoms with Gasteiger partial charge in [0, 0.05) is 11.4 Å². The zero-order valence-electron chi connectivity index (χ0n) is 10.5. The van der Waals surface area contributed by atoms with Crippen molar-refractivity contribution in [2.24, 2.45) is 0 Å². The zero-order chi connectivity index (χ0) is 15.9. The molecule has 0 aliphatic heterocycles. The van der Waals surface area contributed by atoms with E-state index >= 15 is 0 Å². The van der Waals surface area contributed by atoms with E-state index in [0.717, 1.165) is 0 Å². The van der Waals surface area contributed by atoms with Gasteiger partial charge in [0.1, 0.15) is 4.60 Å². The van der Waals surface area contributed by atoms with Gasteiger partial charge in [-0.1, -0.05) is 31.2 Å². The van der Waals surface area contributed by atoms with Crippen LogP contribution in [-0.2, 0) is 10.1 Å². The van der Waals surface area contributed by atoms with Crippen LogP contribution in [-0.4, -0.2) is 27.0 Å². The number of alkyl halides is 3. The molecule has 4 nitrogen and oxygen atoms in total. The van der Waals surface area contributed by atoms with Crippen molar-refractivity contribution in [2.75, 3.05) is 0 Å². The van der Waals surface area contributed by atoms with Gasteiger partial charge in [0.15, 0.2) is 5.75 Å². The molecule has 0 aromatic carbocycles. The summed E-state index contributed by atoms with van der Waals surface area (Å²) >= 11 is 8.81. The highest BCUT2D eigenvalue weighted by Crippen LogP contribution is 2.32. The van der Waals surface area contributed by atoms with Crippen LogP contribution in [0.1, 0.15) is 0 Å². The zero-order valence-corrected chi connectivity index (χ0v) is 14.7. The lowest BCUT2D eigenvalue weighted by Crippen LogP contribution is -2.41. The van der Waals surface area contributed by atoms with Gasteiger partial charge in [-0.25, -0.2) is 4.98 Å². The fraction of sp³-hybridized carbons (Fsp3) is 0.444. The van der Waals surface area contributed by atoms with Gasteiger partial charge in [0.2, 0.25) is 0 Å². The molecule has 0 spiro atoms. The minimum absolute atomic E-state index is 0.0692. The Kier molecular flexibility index (Phi) is 4.84. The van der Waals surface area contributed by atoms with Gasteiger partial charge in [-0.05, 0) is 15.9 Å². The molecule has 0 aliphatic carbocycles. The summed E-state index contributed by atoms with van der Waals surface area (Å²) in [6.45, 7) is 5.36. The van der Waals surface area contributed by atoms with Crippen molar-refractivity contribution in [3.63, 3.8) is 0 Å². The standard InChI is InChI=1S/C9H10BrClF3NO3SSi/c1-20(2,3)7-5(11)4-15-8(10)6(7)18-19(16,17)9(12,13)14/h4H,1-3H3. The molecule has 0 saturated heterocycles. The molecule has 0 aliphatic rings. The molecule has 0 atom stereocenters. The molecule has 0 amide bonds. The van der Waals surface area contributed by atoms with Crippen molar-refractivity contribution in [1.82, 2.24) is 4.98 Å². The number of aromatic nitrogens is 1. The summed E-state index contributed by atoms with van der Waals surface area (Å²) in [4.78, 5) is 3.67. The molecule has 0 radical (unpaired) electrons. The maximum atomic E-state index is 12.4. The maximum absolute atomic E-state index is 12.4. The normalized spacial score (nSPS) is 13.4. The van der Waals surface area contributed by atoms with E-state index in [1.165, 1.54) is 6.20 Å². The Morgan fingerprint density at radius 2 is 1.85 bits per heavy atom. The molecule has 0 unspecified atom stereocenters. The highest BCUT2D eigenvalue weighted by atomic mass is 79.9. The Bertz CT molecular complexity index is 631. The van der Waals surface area contributed by atoms with Crippen LogP contribution in [0.4, 0.5) is 13.2 Å². The second kappa shape index (κ2) is 5.47. The third-order valence-corrected chi connectivity index (χ3v) is 6.13. The fourth-order valence-electron chi connectivity index (χ4n) is 1.38. The van der Waals surface area contributed by atoms with Crippen LogP contribution in [0, 0.1) is 0 Å². The summed E-state index contributed by atoms with van der Waals surface area (Å²) < 4.78 is 63.6. The van der Waals surface area contributed by atoms with Crippen molar-refractivity contribution in [1.29, 1.82) is 0 Å². The third-order valence-electron chi connectivity index (χ3n) is 2.17. The third kappa shape index (κ3) is 3.65. The highest BCUT2D eigenvalue weighted by molar-refractivity contribution is 9.10. The van der Waals surface area contributed by atoms with Gasteiger partial charge in [-0.15, -0.1) is 0 Å². The van der Waals surface area contributed by atoms with Crippen molar-refractivity contribution in [3.8, 4) is 5.75 Å². The highest BCUT2D eigenvalue weighted by Gasteiger charge is 2.49. The van der Waals surface area contributed by atoms with Gasteiger partial charge in [0.05, 0.1) is 13.1 Å². The molecule has 0 N–H and O–H groups in total. The Morgan fingerprint density at radius 1 is 1.35 bits per heavy atom. The number of nitrogens with zero attached hydrogens (tertiary/aromatic N) is 1. The number of halogens is 5. The van der Waals surface area contributed by atoms with E-state index in [2.05, 4.69) is 25.1 Å². The smallest absolute Gasteiger partial charge is 0.373 e. The topological polar surface area (TPSA) is 56.3 Å². The molecule has 11 heteroatoms. The summed E-state index contributed by atoms with van der Waals surface area (Å²) in [6.07, 6.45) is 1.23. The fourth-order valence-corrected chi connectivity index (χ4v) is 5.22. The van der Waals surface area contributed by atoms with Crippen molar-refractivity contribution in [2.45, 2.75) is 25.1 Å². The van der Waals surface area contributed by atoms with Gasteiger partial charge >= 0.3 is 15.6 Å². The minimum Gasteiger partial charge on any atom is -0.373 e. The van der Waals surface area contributed by atoms with E-state index in [1.54, 1.807) is 19.6 Å². The van der Waals surface area contributed by atoms with Crippen molar-refractivity contribution < 1.29 is 25.8 Å². The monoisotopic (exact) mass is 411 g/mol. The largest absolute Gasteiger partial charge is 0.534 e. The van der Waals surface area contributed by atoms with Gasteiger partial charge in [-0.3, -0.25) is 0 Å². The Balaban J connectivity index is 3.51. The van der Waals surface area contributed by atoms with E-state index < -0.39 is 29.4 Å². The lowest BCUT2D eigenvalue weighted by molar-refractivity contribution is -0.0500. The molecule has 0 fully saturated rings. The molecule has 0 bridgehead atoms. The molecular formula is C9H10BrClF3NO3SSi. The molecule has 1 rings (SSSR count). The first-order valence-electron chi connectivity index (χ1n) is 5.12. The summed E-state index contributed by atoms with van der Waals surface area (Å²) in [7, 11) is -8.05. The lowest BCUT2D eigenvalue weighted by Gasteiger charge is -2.22. The summed E-state index contributed by atoms with van der Waals surface area (Å²) in [5.74, 6) is -0.506. The number of hydrogen-bond acceptors (Lipinski definition) is 4. The Labute approximate surface area is 128 Å². The quantitative estimate of drug-likeness (QED) is 0.331. The molecule has 1 aromatic rings. The van der Waals surface area contributed by atoms with Crippen molar-refractivity contribution in [3.05, 3.63) is 15.8 Å².